The van der Waals surface area contributed by atoms with E-state index in [9.17, 15) is 48.6 Å². The maximum Gasteiger partial charge on any atom is 0.313 e. The Hall–Kier alpha value is -3.22. The van der Waals surface area contributed by atoms with Gasteiger partial charge in [-0.05, 0) is 13.8 Å². The maximum absolute atomic E-state index is 12.3. The number of rotatable bonds is 25. The van der Waals surface area contributed by atoms with Gasteiger partial charge in [-0.3, -0.25) is 38.4 Å². The first-order valence-corrected chi connectivity index (χ1v) is 17.8. The Balaban J connectivity index is 4.00. The molecule has 0 saturated carbocycles. The Kier molecular flexibility index (Phi) is 21.6. The molecule has 0 aliphatic rings. The van der Waals surface area contributed by atoms with E-state index in [1.165, 1.54) is 63.1 Å². The van der Waals surface area contributed by atoms with Crippen LogP contribution in [0.15, 0.2) is 0 Å². The molecule has 48 heavy (non-hydrogen) atoms. The summed E-state index contributed by atoms with van der Waals surface area (Å²) in [6.07, 6.45) is -3.81. The van der Waals surface area contributed by atoms with E-state index in [0.717, 1.165) is 0 Å². The van der Waals surface area contributed by atoms with Crippen LogP contribution in [-0.4, -0.2) is 120 Å². The largest absolute Gasteiger partial charge is 0.465 e. The third kappa shape index (κ3) is 20.9. The first kappa shape index (κ1) is 44.8. The number of carbonyl (C=O) groups is 8. The molecule has 4 amide bonds. The fraction of sp³-hybridized carbons (Fsp3) is 0.733. The summed E-state index contributed by atoms with van der Waals surface area (Å²) in [4.78, 5) is 93.6. The summed E-state index contributed by atoms with van der Waals surface area (Å²) >= 11 is 0. The van der Waals surface area contributed by atoms with Crippen molar-refractivity contribution in [3.8, 4) is 0 Å². The zero-order chi connectivity index (χ0) is 36.9. The number of Topliss-reactive ketones (excluding diaryl/α,β-unsaturated/α-hetero) is 2. The average Bonchev–Trinajstić information content (AvgIpc) is 2.98. The first-order chi connectivity index (χ1) is 22.3. The molecule has 0 aromatic heterocycles. The standard InChI is InChI=1S/C30H50N4O12S2/c1-19(35)15-23(39)45-17-29(3,4)25(41)27(43)33-9-7-21(37)31-11-13-47-48-14-12-32-22(38)8-10-34-28(44)26(42)30(5,6)18-46-24(40)16-20(2)36/h25-26,41-42H,7-18H2,1-6H3,(H,31,37)(H,32,38)(H,33,43)(H,34,44)/t25-,26-/m0/s1. The van der Waals surface area contributed by atoms with E-state index in [1.807, 2.05) is 0 Å². The van der Waals surface area contributed by atoms with Crippen molar-refractivity contribution in [2.75, 3.05) is 50.9 Å². The molecule has 0 aromatic rings. The molecule has 16 nitrogen and oxygen atoms in total. The Labute approximate surface area is 288 Å². The molecule has 274 valence electrons. The molecule has 0 fully saturated rings. The molecule has 0 aliphatic carbocycles. The van der Waals surface area contributed by atoms with Gasteiger partial charge in [0.1, 0.15) is 36.6 Å². The molecule has 0 spiro atoms. The smallest absolute Gasteiger partial charge is 0.313 e. The number of ether oxygens (including phenoxy) is 2. The molecular formula is C30H50N4O12S2. The van der Waals surface area contributed by atoms with Crippen molar-refractivity contribution in [3.63, 3.8) is 0 Å². The third-order valence-electron chi connectivity index (χ3n) is 6.38. The van der Waals surface area contributed by atoms with Gasteiger partial charge in [-0.2, -0.15) is 0 Å². The van der Waals surface area contributed by atoms with E-state index in [0.29, 0.717) is 24.6 Å². The van der Waals surface area contributed by atoms with E-state index in [4.69, 9.17) is 9.47 Å². The predicted octanol–water partition coefficient (Wildman–Crippen LogP) is -0.568. The molecule has 0 unspecified atom stereocenters. The second-order valence-electron chi connectivity index (χ2n) is 12.3. The highest BCUT2D eigenvalue weighted by Crippen LogP contribution is 2.23. The van der Waals surface area contributed by atoms with Gasteiger partial charge in [-0.25, -0.2) is 0 Å². The zero-order valence-electron chi connectivity index (χ0n) is 28.4. The van der Waals surface area contributed by atoms with Gasteiger partial charge < -0.3 is 41.0 Å². The lowest BCUT2D eigenvalue weighted by atomic mass is 9.87. The van der Waals surface area contributed by atoms with Gasteiger partial charge in [0.05, 0.1) is 13.2 Å². The highest BCUT2D eigenvalue weighted by Gasteiger charge is 2.36. The molecule has 2 atom stereocenters. The van der Waals surface area contributed by atoms with Crippen molar-refractivity contribution < 1.29 is 58.0 Å². The Morgan fingerprint density at radius 2 is 0.917 bits per heavy atom. The number of esters is 2. The summed E-state index contributed by atoms with van der Waals surface area (Å²) in [7, 11) is 2.98. The summed E-state index contributed by atoms with van der Waals surface area (Å²) in [6.45, 7) is 8.80. The van der Waals surface area contributed by atoms with Gasteiger partial charge in [0.25, 0.3) is 0 Å². The van der Waals surface area contributed by atoms with Crippen molar-refractivity contribution >= 4 is 68.7 Å². The fourth-order valence-electron chi connectivity index (χ4n) is 3.46. The van der Waals surface area contributed by atoms with Crippen LogP contribution in [0.2, 0.25) is 0 Å². The second-order valence-corrected chi connectivity index (χ2v) is 15.0. The van der Waals surface area contributed by atoms with E-state index < -0.39 is 59.6 Å². The lowest BCUT2D eigenvalue weighted by Gasteiger charge is -2.28. The Bertz CT molecular complexity index is 1050. The highest BCUT2D eigenvalue weighted by molar-refractivity contribution is 8.76. The lowest BCUT2D eigenvalue weighted by molar-refractivity contribution is -0.155. The topological polar surface area (TPSA) is 244 Å². The van der Waals surface area contributed by atoms with Crippen LogP contribution in [0.4, 0.5) is 0 Å². The van der Waals surface area contributed by atoms with E-state index in [1.54, 1.807) is 0 Å². The van der Waals surface area contributed by atoms with E-state index in [-0.39, 0.29) is 62.5 Å². The van der Waals surface area contributed by atoms with E-state index in [2.05, 4.69) is 21.3 Å². The molecule has 0 saturated heterocycles. The second kappa shape index (κ2) is 23.2. The zero-order valence-corrected chi connectivity index (χ0v) is 30.1. The molecule has 0 bridgehead atoms. The summed E-state index contributed by atoms with van der Waals surface area (Å²) < 4.78 is 9.92. The number of amides is 4. The van der Waals surface area contributed by atoms with Crippen LogP contribution in [0.3, 0.4) is 0 Å². The SMILES string of the molecule is CC(=O)CC(=O)OCC(C)(C)[C@@H](O)C(=O)NCCC(=O)NCCSSCCNC(=O)CCNC(=O)[C@H](O)C(C)(C)COC(=O)CC(C)=O. The van der Waals surface area contributed by atoms with Crippen LogP contribution < -0.4 is 21.3 Å². The van der Waals surface area contributed by atoms with Gasteiger partial charge in [0.2, 0.25) is 23.6 Å². The van der Waals surface area contributed by atoms with Gasteiger partial charge in [-0.15, -0.1) is 0 Å². The van der Waals surface area contributed by atoms with Crippen molar-refractivity contribution in [1.29, 1.82) is 0 Å². The molecule has 0 rings (SSSR count). The third-order valence-corrected chi connectivity index (χ3v) is 8.78. The molecule has 0 heterocycles. The summed E-state index contributed by atoms with van der Waals surface area (Å²) in [5.41, 5.74) is -2.23. The first-order valence-electron chi connectivity index (χ1n) is 15.3. The number of hydrogen-bond acceptors (Lipinski definition) is 14. The summed E-state index contributed by atoms with van der Waals surface area (Å²) in [5.74, 6) is -3.06. The number of aliphatic hydroxyl groups excluding tert-OH is 2. The Morgan fingerprint density at radius 3 is 1.23 bits per heavy atom. The van der Waals surface area contributed by atoms with Crippen LogP contribution in [-0.2, 0) is 47.8 Å². The summed E-state index contributed by atoms with van der Waals surface area (Å²) in [5, 5.41) is 31.0. The number of nitrogens with one attached hydrogen (secondary N) is 4. The van der Waals surface area contributed by atoms with Crippen LogP contribution >= 0.6 is 21.6 Å². The van der Waals surface area contributed by atoms with Crippen LogP contribution in [0.5, 0.6) is 0 Å². The predicted molar refractivity (Wildman–Crippen MR) is 178 cm³/mol. The van der Waals surface area contributed by atoms with Crippen LogP contribution in [0.1, 0.15) is 67.2 Å². The minimum Gasteiger partial charge on any atom is -0.465 e. The number of aliphatic hydroxyl groups is 2. The Morgan fingerprint density at radius 1 is 0.583 bits per heavy atom. The van der Waals surface area contributed by atoms with Gasteiger partial charge >= 0.3 is 11.9 Å². The summed E-state index contributed by atoms with van der Waals surface area (Å²) in [6, 6.07) is 0. The van der Waals surface area contributed by atoms with E-state index >= 15 is 0 Å². The fourth-order valence-corrected chi connectivity index (χ4v) is 5.27. The van der Waals surface area contributed by atoms with Crippen molar-refractivity contribution in [1.82, 2.24) is 21.3 Å². The molecule has 18 heteroatoms. The van der Waals surface area contributed by atoms with Crippen LogP contribution in [0.25, 0.3) is 0 Å². The molecule has 6 N–H and O–H groups in total. The number of carbonyl (C=O) groups excluding carboxylic acids is 8. The maximum atomic E-state index is 12.3. The van der Waals surface area contributed by atoms with Crippen LogP contribution in [0, 0.1) is 10.8 Å². The van der Waals surface area contributed by atoms with Crippen molar-refractivity contribution in [2.24, 2.45) is 10.8 Å². The minimum absolute atomic E-state index is 0.00786. The number of hydrogen-bond donors (Lipinski definition) is 6. The average molecular weight is 723 g/mol. The monoisotopic (exact) mass is 722 g/mol. The van der Waals surface area contributed by atoms with Gasteiger partial charge in [-0.1, -0.05) is 49.3 Å². The molecule has 0 radical (unpaired) electrons. The molecule has 0 aliphatic heterocycles. The van der Waals surface area contributed by atoms with Gasteiger partial charge in [0.15, 0.2) is 0 Å². The molecular weight excluding hydrogens is 672 g/mol. The van der Waals surface area contributed by atoms with Gasteiger partial charge in [0, 0.05) is 61.4 Å². The normalized spacial score (nSPS) is 12.6. The minimum atomic E-state index is -1.51. The quantitative estimate of drug-likeness (QED) is 0.0299. The highest BCUT2D eigenvalue weighted by atomic mass is 33.1. The molecule has 0 aromatic carbocycles. The number of ketones is 2. The van der Waals surface area contributed by atoms with Crippen molar-refractivity contribution in [3.05, 3.63) is 0 Å². The lowest BCUT2D eigenvalue weighted by Crippen LogP contribution is -2.47. The van der Waals surface area contributed by atoms with Crippen molar-refractivity contribution in [2.45, 2.75) is 79.4 Å².